The van der Waals surface area contributed by atoms with Crippen molar-refractivity contribution in [2.24, 2.45) is 4.99 Å². The van der Waals surface area contributed by atoms with Gasteiger partial charge < -0.3 is 20.9 Å². The zero-order chi connectivity index (χ0) is 24.0. The van der Waals surface area contributed by atoms with E-state index in [1.54, 1.807) is 23.5 Å². The summed E-state index contributed by atoms with van der Waals surface area (Å²) >= 11 is 1.61. The van der Waals surface area contributed by atoms with Crippen LogP contribution in [0.3, 0.4) is 0 Å². The molecule has 0 atom stereocenters. The van der Waals surface area contributed by atoms with Crippen LogP contribution in [0.15, 0.2) is 65.0 Å². The minimum atomic E-state index is -0.215. The van der Waals surface area contributed by atoms with Gasteiger partial charge in [0, 0.05) is 40.3 Å². The smallest absolute Gasteiger partial charge is 0.256 e. The first kappa shape index (κ1) is 23.3. The van der Waals surface area contributed by atoms with Crippen LogP contribution in [0.1, 0.15) is 49.6 Å². The van der Waals surface area contributed by atoms with E-state index >= 15 is 0 Å². The van der Waals surface area contributed by atoms with Crippen LogP contribution in [0.25, 0.3) is 0 Å². The Morgan fingerprint density at radius 1 is 0.971 bits per heavy atom. The lowest BCUT2D eigenvalue weighted by Gasteiger charge is -2.15. The molecule has 0 radical (unpaired) electrons. The van der Waals surface area contributed by atoms with Gasteiger partial charge in [0.2, 0.25) is 0 Å². The van der Waals surface area contributed by atoms with Gasteiger partial charge in [-0.1, -0.05) is 12.1 Å². The lowest BCUT2D eigenvalue weighted by molar-refractivity contribution is 0.0949. The van der Waals surface area contributed by atoms with Crippen molar-refractivity contribution in [2.45, 2.75) is 25.9 Å². The van der Waals surface area contributed by atoms with Gasteiger partial charge >= 0.3 is 0 Å². The van der Waals surface area contributed by atoms with Crippen LogP contribution < -0.4 is 16.0 Å². The molecule has 3 heterocycles. The fraction of sp³-hybridized carbons (Fsp3) is 0.296. The highest BCUT2D eigenvalue weighted by atomic mass is 32.1. The van der Waals surface area contributed by atoms with Crippen LogP contribution in [0.4, 0.5) is 5.69 Å². The number of thiophene rings is 1. The Labute approximate surface area is 209 Å². The average molecular weight is 488 g/mol. The standard InChI is InChI=1S/C27H29N5O2S/c33-26(30-18-23-4-3-15-35-23)20-5-6-21-17-29-25(24(21)16-20)31-27(34)19-7-9-22(10-8-19)28-11-14-32-12-1-2-13-32/h3-10,15-16,28H,1-2,11-14,17-18H2,(H,30,33)(H,29,31,34). The molecule has 7 nitrogen and oxygen atoms in total. The Kier molecular flexibility index (Phi) is 7.20. The zero-order valence-electron chi connectivity index (χ0n) is 19.5. The maximum Gasteiger partial charge on any atom is 0.256 e. The van der Waals surface area contributed by atoms with E-state index in [4.69, 9.17) is 0 Å². The second-order valence-electron chi connectivity index (χ2n) is 8.81. The molecule has 0 aliphatic carbocycles. The van der Waals surface area contributed by atoms with Crippen molar-refractivity contribution in [1.29, 1.82) is 0 Å². The summed E-state index contributed by atoms with van der Waals surface area (Å²) in [6.45, 7) is 5.29. The Hall–Kier alpha value is -3.49. The molecule has 1 aromatic heterocycles. The van der Waals surface area contributed by atoms with Gasteiger partial charge in [-0.05, 0) is 79.3 Å². The molecule has 2 aliphatic rings. The summed E-state index contributed by atoms with van der Waals surface area (Å²) in [4.78, 5) is 33.5. The number of rotatable bonds is 8. The Morgan fingerprint density at radius 2 is 1.77 bits per heavy atom. The van der Waals surface area contributed by atoms with Crippen LogP contribution in [0, 0.1) is 0 Å². The van der Waals surface area contributed by atoms with E-state index in [0.29, 0.717) is 30.1 Å². The molecule has 0 bridgehead atoms. The predicted octanol–water partition coefficient (Wildman–Crippen LogP) is 3.88. The Morgan fingerprint density at radius 3 is 2.54 bits per heavy atom. The highest BCUT2D eigenvalue weighted by Gasteiger charge is 2.20. The predicted molar refractivity (Wildman–Crippen MR) is 140 cm³/mol. The van der Waals surface area contributed by atoms with Crippen LogP contribution in [0.5, 0.6) is 0 Å². The summed E-state index contributed by atoms with van der Waals surface area (Å²) in [7, 11) is 0. The molecule has 35 heavy (non-hydrogen) atoms. The van der Waals surface area contributed by atoms with E-state index in [1.165, 1.54) is 25.9 Å². The summed E-state index contributed by atoms with van der Waals surface area (Å²) in [6, 6.07) is 17.0. The number of likely N-dealkylation sites (tertiary alicyclic amines) is 1. The molecule has 2 amide bonds. The average Bonchev–Trinajstić information content (AvgIpc) is 3.66. The van der Waals surface area contributed by atoms with Gasteiger partial charge in [-0.2, -0.15) is 0 Å². The van der Waals surface area contributed by atoms with Crippen molar-refractivity contribution >= 4 is 34.7 Å². The number of carbonyl (C=O) groups excluding carboxylic acids is 2. The fourth-order valence-electron chi connectivity index (χ4n) is 4.40. The molecule has 2 aromatic carbocycles. The maximum atomic E-state index is 12.9. The Bertz CT molecular complexity index is 1210. The molecule has 8 heteroatoms. The number of hydrogen-bond acceptors (Lipinski definition) is 6. The molecule has 5 rings (SSSR count). The monoisotopic (exact) mass is 487 g/mol. The van der Waals surface area contributed by atoms with Gasteiger partial charge in [-0.25, -0.2) is 0 Å². The number of nitrogens with zero attached hydrogens (tertiary/aromatic N) is 2. The van der Waals surface area contributed by atoms with E-state index < -0.39 is 0 Å². The molecule has 0 saturated carbocycles. The number of carbonyl (C=O) groups is 2. The Balaban J connectivity index is 1.17. The number of amidine groups is 1. The number of nitrogens with one attached hydrogen (secondary N) is 3. The SMILES string of the molecule is O=C(NCc1cccs1)c1ccc2c(c1)C(NC(=O)c1ccc(NCCN3CCCC3)cc1)=NC2. The molecule has 2 aliphatic heterocycles. The second-order valence-corrected chi connectivity index (χ2v) is 9.84. The summed E-state index contributed by atoms with van der Waals surface area (Å²) in [5.74, 6) is 0.144. The van der Waals surface area contributed by atoms with E-state index in [9.17, 15) is 9.59 Å². The van der Waals surface area contributed by atoms with Gasteiger partial charge in [-0.15, -0.1) is 11.3 Å². The fourth-order valence-corrected chi connectivity index (χ4v) is 5.04. The van der Waals surface area contributed by atoms with E-state index in [0.717, 1.165) is 34.8 Å². The van der Waals surface area contributed by atoms with E-state index in [1.807, 2.05) is 47.8 Å². The third-order valence-electron chi connectivity index (χ3n) is 6.37. The van der Waals surface area contributed by atoms with Crippen molar-refractivity contribution in [3.8, 4) is 0 Å². The molecule has 180 valence electrons. The number of fused-ring (bicyclic) bond motifs is 1. The number of aliphatic imine (C=N–C) groups is 1. The third kappa shape index (κ3) is 5.78. The molecule has 1 fully saturated rings. The van der Waals surface area contributed by atoms with Crippen molar-refractivity contribution in [3.63, 3.8) is 0 Å². The first-order valence-electron chi connectivity index (χ1n) is 12.0. The third-order valence-corrected chi connectivity index (χ3v) is 7.25. The highest BCUT2D eigenvalue weighted by molar-refractivity contribution is 7.09. The van der Waals surface area contributed by atoms with Crippen molar-refractivity contribution in [2.75, 3.05) is 31.5 Å². The van der Waals surface area contributed by atoms with Gasteiger partial charge in [0.25, 0.3) is 11.8 Å². The molecular formula is C27H29N5O2S. The highest BCUT2D eigenvalue weighted by Crippen LogP contribution is 2.20. The van der Waals surface area contributed by atoms with E-state index in [2.05, 4.69) is 25.8 Å². The van der Waals surface area contributed by atoms with Gasteiger partial charge in [-0.3, -0.25) is 14.6 Å². The summed E-state index contributed by atoms with van der Waals surface area (Å²) in [5, 5.41) is 11.3. The van der Waals surface area contributed by atoms with Crippen LogP contribution in [0.2, 0.25) is 0 Å². The second kappa shape index (κ2) is 10.8. The van der Waals surface area contributed by atoms with Crippen molar-refractivity contribution in [3.05, 3.63) is 87.1 Å². The molecule has 0 unspecified atom stereocenters. The molecule has 1 saturated heterocycles. The first-order valence-corrected chi connectivity index (χ1v) is 12.9. The molecule has 0 spiro atoms. The minimum Gasteiger partial charge on any atom is -0.384 e. The normalized spacial score (nSPS) is 14.9. The maximum absolute atomic E-state index is 12.9. The van der Waals surface area contributed by atoms with Crippen LogP contribution in [-0.4, -0.2) is 48.7 Å². The molecular weight excluding hydrogens is 458 g/mol. The van der Waals surface area contributed by atoms with Gasteiger partial charge in [0.15, 0.2) is 0 Å². The van der Waals surface area contributed by atoms with E-state index in [-0.39, 0.29) is 11.8 Å². The largest absolute Gasteiger partial charge is 0.384 e. The van der Waals surface area contributed by atoms with Gasteiger partial charge in [0.05, 0.1) is 13.1 Å². The molecule has 3 N–H and O–H groups in total. The lowest BCUT2D eigenvalue weighted by atomic mass is 10.0. The van der Waals surface area contributed by atoms with Crippen LogP contribution in [-0.2, 0) is 13.1 Å². The quantitative estimate of drug-likeness (QED) is 0.450. The van der Waals surface area contributed by atoms with Gasteiger partial charge in [0.1, 0.15) is 5.84 Å². The number of hydrogen-bond donors (Lipinski definition) is 3. The van der Waals surface area contributed by atoms with Crippen molar-refractivity contribution < 1.29 is 9.59 Å². The molecule has 3 aromatic rings. The number of anilines is 1. The minimum absolute atomic E-state index is 0.147. The number of amides is 2. The number of benzene rings is 2. The first-order chi connectivity index (χ1) is 17.2. The van der Waals surface area contributed by atoms with Crippen molar-refractivity contribution in [1.82, 2.24) is 15.5 Å². The summed E-state index contributed by atoms with van der Waals surface area (Å²) < 4.78 is 0. The lowest BCUT2D eigenvalue weighted by Crippen LogP contribution is -2.30. The topological polar surface area (TPSA) is 85.8 Å². The van der Waals surface area contributed by atoms with Crippen LogP contribution >= 0.6 is 11.3 Å². The summed E-state index contributed by atoms with van der Waals surface area (Å²) in [6.07, 6.45) is 2.59. The zero-order valence-corrected chi connectivity index (χ0v) is 20.4. The summed E-state index contributed by atoms with van der Waals surface area (Å²) in [5.41, 5.74) is 3.90.